The van der Waals surface area contributed by atoms with Crippen molar-refractivity contribution >= 4 is 50.4 Å². The molecule has 0 bridgehead atoms. The second kappa shape index (κ2) is 22.8. The Morgan fingerprint density at radius 3 is 0.818 bits per heavy atom. The minimum atomic E-state index is -4.20. The van der Waals surface area contributed by atoms with Crippen molar-refractivity contribution in [3.8, 4) is 0 Å². The summed E-state index contributed by atoms with van der Waals surface area (Å²) in [5.74, 6) is 0. The summed E-state index contributed by atoms with van der Waals surface area (Å²) in [6.07, 6.45) is 0. The van der Waals surface area contributed by atoms with Crippen molar-refractivity contribution in [3.63, 3.8) is 0 Å². The zero-order valence-corrected chi connectivity index (χ0v) is 14.7. The minimum absolute atomic E-state index is 0. The van der Waals surface area contributed by atoms with Crippen LogP contribution < -0.4 is 7.23 Å². The van der Waals surface area contributed by atoms with Gasteiger partial charge < -0.3 is 5.48 Å². The normalized spacial score (nSPS) is 4.55. The van der Waals surface area contributed by atoms with E-state index in [9.17, 15) is 0 Å². The van der Waals surface area contributed by atoms with Crippen LogP contribution in [0.3, 0.4) is 0 Å². The molecule has 2 radical (unpaired) electrons. The van der Waals surface area contributed by atoms with Crippen molar-refractivity contribution in [2.24, 2.45) is 0 Å². The fraction of sp³-hybridized carbons (Fsp3) is 0. The standard InChI is InChI=1S/Mg.2Nb.7O.Pb/q+2;;;;;;;-2;2*-1;+2. The van der Waals surface area contributed by atoms with Crippen LogP contribution >= 0.6 is 0 Å². The van der Waals surface area contributed by atoms with Gasteiger partial charge in [-0.15, -0.1) is 0 Å². The molecule has 0 aliphatic rings. The first kappa shape index (κ1) is 29.2. The molecule has 0 N–H and O–H groups in total. The minimum Gasteiger partial charge on any atom is 2.00 e. The van der Waals surface area contributed by atoms with Gasteiger partial charge in [0, 0.05) is 0 Å². The Morgan fingerprint density at radius 1 is 0.818 bits per heavy atom. The van der Waals surface area contributed by atoms with Crippen LogP contribution in [0.4, 0.5) is 0 Å². The molecule has 0 fully saturated rings. The van der Waals surface area contributed by atoms with Gasteiger partial charge in [0.05, 0.1) is 0 Å². The molecule has 7 nitrogen and oxygen atoms in total. The summed E-state index contributed by atoms with van der Waals surface area (Å²) in [7, 11) is 0. The summed E-state index contributed by atoms with van der Waals surface area (Å²) in [5, 5.41) is 0. The van der Waals surface area contributed by atoms with E-state index in [0.29, 0.717) is 0 Å². The van der Waals surface area contributed by atoms with Gasteiger partial charge in [0.25, 0.3) is 0 Å². The molecule has 58 valence electrons. The third-order valence-electron chi connectivity index (χ3n) is 0. The first-order valence-electron chi connectivity index (χ1n) is 1.10. The first-order chi connectivity index (χ1) is 3.46. The van der Waals surface area contributed by atoms with Crippen molar-refractivity contribution in [1.29, 1.82) is 0 Å². The van der Waals surface area contributed by atoms with Gasteiger partial charge in [-0.1, -0.05) is 0 Å². The number of hydrogen-bond donors (Lipinski definition) is 0. The number of rotatable bonds is 0. The Kier molecular flexibility index (Phi) is 60.5. The van der Waals surface area contributed by atoms with E-state index < -0.39 is 37.6 Å². The molecular weight excluding hydrogens is 529 g/mol. The van der Waals surface area contributed by atoms with Crippen LogP contribution in [0.25, 0.3) is 0 Å². The zero-order chi connectivity index (χ0) is 7.15. The van der Waals surface area contributed by atoms with Crippen molar-refractivity contribution in [2.45, 2.75) is 0 Å². The van der Waals surface area contributed by atoms with Gasteiger partial charge in [0.2, 0.25) is 0 Å². The van der Waals surface area contributed by atoms with E-state index in [1.807, 2.05) is 0 Å². The third-order valence-corrected chi connectivity index (χ3v) is 0. The topological polar surface area (TPSA) is 143 Å². The van der Waals surface area contributed by atoms with E-state index in [0.717, 1.165) is 0 Å². The molecule has 0 heterocycles. The Morgan fingerprint density at radius 2 is 0.818 bits per heavy atom. The average Bonchev–Trinajstić information content (AvgIpc) is 1.25. The molecule has 0 unspecified atom stereocenters. The molecule has 11 heteroatoms. The van der Waals surface area contributed by atoms with Gasteiger partial charge in [-0.2, -0.15) is 0 Å². The second-order valence-electron chi connectivity index (χ2n) is 0.447. The largest absolute Gasteiger partial charge is 2.00 e. The third kappa shape index (κ3) is 254. The Hall–Kier alpha value is 2.25. The van der Waals surface area contributed by atoms with Crippen LogP contribution in [-0.2, 0) is 56.0 Å². The van der Waals surface area contributed by atoms with Crippen molar-refractivity contribution < 1.29 is 63.3 Å². The summed E-state index contributed by atoms with van der Waals surface area (Å²) < 4.78 is 51.6. The molecule has 0 spiro atoms. The van der Waals surface area contributed by atoms with Gasteiger partial charge in [-0.05, 0) is 0 Å². The van der Waals surface area contributed by atoms with Crippen molar-refractivity contribution in [1.82, 2.24) is 0 Å². The van der Waals surface area contributed by atoms with Gasteiger partial charge in [-0.25, -0.2) is 0 Å². The maximum atomic E-state index is 8.60. The van der Waals surface area contributed by atoms with Crippen LogP contribution in [0.15, 0.2) is 0 Å². The molecule has 0 saturated heterocycles. The fourth-order valence-electron chi connectivity index (χ4n) is 0. The second-order valence-corrected chi connectivity index (χ2v) is 2.65. The maximum absolute atomic E-state index is 8.60. The molecule has 0 saturated carbocycles. The average molecular weight is 529 g/mol. The maximum Gasteiger partial charge on any atom is 2.00 e. The van der Waals surface area contributed by atoms with E-state index in [1.54, 1.807) is 0 Å². The summed E-state index contributed by atoms with van der Waals surface area (Å²) >= 11 is -8.40. The van der Waals surface area contributed by atoms with Crippen LogP contribution in [0, 0.1) is 0 Å². The van der Waals surface area contributed by atoms with Crippen LogP contribution in [0.2, 0.25) is 0 Å². The van der Waals surface area contributed by atoms with Gasteiger partial charge in [-0.3, -0.25) is 0 Å². The Balaban J connectivity index is -0.0000000171. The van der Waals surface area contributed by atoms with Crippen molar-refractivity contribution in [3.05, 3.63) is 0 Å². The van der Waals surface area contributed by atoms with E-state index in [4.69, 9.17) is 20.2 Å². The molecule has 0 aromatic carbocycles. The molecule has 0 rings (SSSR count). The molecule has 0 aliphatic heterocycles. The van der Waals surface area contributed by atoms with Crippen LogP contribution in [0.5, 0.6) is 0 Å². The van der Waals surface area contributed by atoms with E-state index in [-0.39, 0.29) is 55.8 Å². The van der Waals surface area contributed by atoms with Gasteiger partial charge >= 0.3 is 108 Å². The van der Waals surface area contributed by atoms with E-state index in [2.05, 4.69) is 0 Å². The fourth-order valence-corrected chi connectivity index (χ4v) is 0. The monoisotopic (exact) mass is 530 g/mol. The van der Waals surface area contributed by atoms with Gasteiger partial charge in [0.15, 0.2) is 0 Å². The quantitative estimate of drug-likeness (QED) is 0.295. The predicted molar refractivity (Wildman–Crippen MR) is 14.9 cm³/mol. The summed E-state index contributed by atoms with van der Waals surface area (Å²) in [6, 6.07) is 0. The first-order valence-corrected chi connectivity index (χ1v) is 6.48. The molecular formula is MgNb2O7Pb. The van der Waals surface area contributed by atoms with Crippen LogP contribution in [-0.4, -0.2) is 50.4 Å². The molecule has 0 amide bonds. The van der Waals surface area contributed by atoms with Crippen LogP contribution in [0.1, 0.15) is 0 Å². The Bertz CT molecular complexity index is 133. The predicted octanol–water partition coefficient (Wildman–Crippen LogP) is -3.74. The molecule has 0 atom stereocenters. The molecule has 0 aliphatic carbocycles. The Labute approximate surface area is 112 Å². The number of hydrogen-bond acceptors (Lipinski definition) is 6. The molecule has 11 heavy (non-hydrogen) atoms. The summed E-state index contributed by atoms with van der Waals surface area (Å²) in [6.45, 7) is 0. The van der Waals surface area contributed by atoms with Crippen molar-refractivity contribution in [2.75, 3.05) is 0 Å². The smallest absolute Gasteiger partial charge is 2.00 e. The molecule has 0 aromatic heterocycles. The summed E-state index contributed by atoms with van der Waals surface area (Å²) in [4.78, 5) is 0. The van der Waals surface area contributed by atoms with E-state index >= 15 is 0 Å². The molecule has 0 aromatic rings. The zero-order valence-electron chi connectivity index (χ0n) is 4.96. The SMILES string of the molecule is [Mg+2].[O-2].[O]=[Nb](=[O])[O-].[O]=[Nb](=[O])[O-].[Pb+2]. The van der Waals surface area contributed by atoms with E-state index in [1.165, 1.54) is 0 Å². The summed E-state index contributed by atoms with van der Waals surface area (Å²) in [5.41, 5.74) is 0. The van der Waals surface area contributed by atoms with Gasteiger partial charge in [0.1, 0.15) is 0 Å².